The van der Waals surface area contributed by atoms with E-state index in [2.05, 4.69) is 29.2 Å². The van der Waals surface area contributed by atoms with E-state index in [1.54, 1.807) is 12.1 Å². The van der Waals surface area contributed by atoms with Gasteiger partial charge >= 0.3 is 0 Å². The van der Waals surface area contributed by atoms with Crippen LogP contribution in [0.4, 0.5) is 5.69 Å². The van der Waals surface area contributed by atoms with Gasteiger partial charge in [0.1, 0.15) is 0 Å². The molecule has 0 saturated heterocycles. The first-order valence-electron chi connectivity index (χ1n) is 6.35. The van der Waals surface area contributed by atoms with Gasteiger partial charge in [0.05, 0.1) is 0 Å². The van der Waals surface area contributed by atoms with Crippen LogP contribution in [0.25, 0.3) is 0 Å². The van der Waals surface area contributed by atoms with E-state index in [0.717, 1.165) is 25.2 Å². The van der Waals surface area contributed by atoms with Crippen molar-refractivity contribution < 1.29 is 4.79 Å². The Balaban J connectivity index is 1.83. The summed E-state index contributed by atoms with van der Waals surface area (Å²) in [5.41, 5.74) is 4.50. The second kappa shape index (κ2) is 5.06. The third-order valence-electron chi connectivity index (χ3n) is 3.59. The van der Waals surface area contributed by atoms with Crippen molar-refractivity contribution in [2.45, 2.75) is 13.0 Å². The van der Waals surface area contributed by atoms with Gasteiger partial charge in [-0.2, -0.15) is 0 Å². The van der Waals surface area contributed by atoms with Crippen molar-refractivity contribution in [2.75, 3.05) is 11.4 Å². The van der Waals surface area contributed by atoms with Gasteiger partial charge in [0.15, 0.2) is 0 Å². The number of carbonyl (C=O) groups is 1. The highest BCUT2D eigenvalue weighted by Gasteiger charge is 2.16. The molecule has 0 N–H and O–H groups in total. The maximum absolute atomic E-state index is 11.0. The Morgan fingerprint density at radius 1 is 1.00 bits per heavy atom. The summed E-state index contributed by atoms with van der Waals surface area (Å²) < 4.78 is 0. The lowest BCUT2D eigenvalue weighted by Gasteiger charge is -2.30. The Morgan fingerprint density at radius 2 is 1.68 bits per heavy atom. The molecule has 3 heteroatoms. The van der Waals surface area contributed by atoms with E-state index in [0.29, 0.717) is 5.56 Å². The zero-order chi connectivity index (χ0) is 13.2. The summed E-state index contributed by atoms with van der Waals surface area (Å²) in [6.45, 7) is 1.93. The van der Waals surface area contributed by atoms with Gasteiger partial charge < -0.3 is 4.90 Å². The largest absolute Gasteiger partial charge is 0.367 e. The first-order valence-corrected chi connectivity index (χ1v) is 6.73. The summed E-state index contributed by atoms with van der Waals surface area (Å²) in [5, 5.41) is -0.407. The van der Waals surface area contributed by atoms with Gasteiger partial charge in [0, 0.05) is 24.3 Å². The first-order chi connectivity index (χ1) is 9.24. The zero-order valence-corrected chi connectivity index (χ0v) is 11.2. The number of hydrogen-bond donors (Lipinski definition) is 0. The fraction of sp³-hybridized carbons (Fsp3) is 0.188. The molecule has 0 fully saturated rings. The molecule has 0 unspecified atom stereocenters. The Labute approximate surface area is 117 Å². The van der Waals surface area contributed by atoms with Crippen molar-refractivity contribution in [3.05, 3.63) is 65.2 Å². The fourth-order valence-electron chi connectivity index (χ4n) is 2.52. The molecule has 0 aliphatic carbocycles. The number of fused-ring (bicyclic) bond motifs is 1. The van der Waals surface area contributed by atoms with Crippen molar-refractivity contribution >= 4 is 22.5 Å². The molecule has 0 radical (unpaired) electrons. The molecule has 2 nitrogen and oxygen atoms in total. The molecule has 0 saturated carbocycles. The van der Waals surface area contributed by atoms with Crippen LogP contribution >= 0.6 is 11.6 Å². The quantitative estimate of drug-likeness (QED) is 0.778. The van der Waals surface area contributed by atoms with E-state index in [9.17, 15) is 4.79 Å². The monoisotopic (exact) mass is 271 g/mol. The summed E-state index contributed by atoms with van der Waals surface area (Å²) >= 11 is 5.46. The van der Waals surface area contributed by atoms with Crippen molar-refractivity contribution in [1.82, 2.24) is 0 Å². The van der Waals surface area contributed by atoms with Crippen LogP contribution < -0.4 is 4.90 Å². The van der Waals surface area contributed by atoms with E-state index in [4.69, 9.17) is 11.6 Å². The fourth-order valence-corrected chi connectivity index (χ4v) is 2.65. The number of nitrogens with zero attached hydrogens (tertiary/aromatic N) is 1. The maximum atomic E-state index is 11.0. The normalized spacial score (nSPS) is 14.1. The smallest absolute Gasteiger partial charge is 0.252 e. The van der Waals surface area contributed by atoms with Crippen LogP contribution in [-0.4, -0.2) is 11.8 Å². The summed E-state index contributed by atoms with van der Waals surface area (Å²) in [6, 6.07) is 16.0. The zero-order valence-electron chi connectivity index (χ0n) is 10.5. The Hall–Kier alpha value is -1.80. The molecule has 2 aromatic rings. The molecule has 1 heterocycles. The molecule has 2 aromatic carbocycles. The second-order valence-electron chi connectivity index (χ2n) is 4.76. The van der Waals surface area contributed by atoms with Gasteiger partial charge in [-0.15, -0.1) is 0 Å². The highest BCUT2D eigenvalue weighted by Crippen LogP contribution is 2.24. The second-order valence-corrected chi connectivity index (χ2v) is 5.10. The molecular weight excluding hydrogens is 258 g/mol. The predicted molar refractivity (Wildman–Crippen MR) is 77.8 cm³/mol. The van der Waals surface area contributed by atoms with Crippen LogP contribution in [0.15, 0.2) is 48.5 Å². The lowest BCUT2D eigenvalue weighted by atomic mass is 9.99. The first kappa shape index (κ1) is 12.2. The molecule has 19 heavy (non-hydrogen) atoms. The van der Waals surface area contributed by atoms with Crippen LogP contribution in [0.3, 0.4) is 0 Å². The summed E-state index contributed by atoms with van der Waals surface area (Å²) in [6.07, 6.45) is 1.06. The number of halogens is 1. The Morgan fingerprint density at radius 3 is 2.37 bits per heavy atom. The van der Waals surface area contributed by atoms with E-state index in [1.807, 2.05) is 12.1 Å². The lowest BCUT2D eigenvalue weighted by molar-refractivity contribution is 0.108. The number of anilines is 1. The number of benzene rings is 2. The topological polar surface area (TPSA) is 20.3 Å². The van der Waals surface area contributed by atoms with E-state index in [-0.39, 0.29) is 0 Å². The van der Waals surface area contributed by atoms with Crippen LogP contribution in [-0.2, 0) is 13.0 Å². The molecule has 0 amide bonds. The van der Waals surface area contributed by atoms with Crippen LogP contribution in [0.2, 0.25) is 0 Å². The molecule has 3 rings (SSSR count). The van der Waals surface area contributed by atoms with Crippen LogP contribution in [0.5, 0.6) is 0 Å². The Bertz CT molecular complexity index is 606. The van der Waals surface area contributed by atoms with Gasteiger partial charge in [-0.3, -0.25) is 4.79 Å². The minimum absolute atomic E-state index is 0.407. The summed E-state index contributed by atoms with van der Waals surface area (Å²) in [4.78, 5) is 13.4. The van der Waals surface area contributed by atoms with Gasteiger partial charge in [0.2, 0.25) is 0 Å². The lowest BCUT2D eigenvalue weighted by Crippen LogP contribution is -2.30. The average molecular weight is 272 g/mol. The Kier molecular flexibility index (Phi) is 3.26. The maximum Gasteiger partial charge on any atom is 0.252 e. The molecule has 0 aromatic heterocycles. The van der Waals surface area contributed by atoms with Crippen molar-refractivity contribution in [3.8, 4) is 0 Å². The molecule has 1 aliphatic heterocycles. The minimum atomic E-state index is -0.407. The third kappa shape index (κ3) is 2.49. The van der Waals surface area contributed by atoms with E-state index >= 15 is 0 Å². The number of hydrogen-bond acceptors (Lipinski definition) is 2. The number of rotatable bonds is 2. The standard InChI is InChI=1S/C16H14ClNO/c17-16(19)13-5-7-15(8-6-13)18-10-9-12-3-1-2-4-14(12)11-18/h1-8H,9-11H2. The molecule has 0 atom stereocenters. The molecule has 96 valence electrons. The van der Waals surface area contributed by atoms with Crippen LogP contribution in [0, 0.1) is 0 Å². The summed E-state index contributed by atoms with van der Waals surface area (Å²) in [7, 11) is 0. The number of carbonyl (C=O) groups excluding carboxylic acids is 1. The highest BCUT2D eigenvalue weighted by atomic mass is 35.5. The van der Waals surface area contributed by atoms with E-state index < -0.39 is 5.24 Å². The summed E-state index contributed by atoms with van der Waals surface area (Å²) in [5.74, 6) is 0. The molecule has 1 aliphatic rings. The van der Waals surface area contributed by atoms with Gasteiger partial charge in [-0.1, -0.05) is 24.3 Å². The molecule has 0 bridgehead atoms. The highest BCUT2D eigenvalue weighted by molar-refractivity contribution is 6.67. The third-order valence-corrected chi connectivity index (χ3v) is 3.81. The van der Waals surface area contributed by atoms with Crippen LogP contribution in [0.1, 0.15) is 21.5 Å². The van der Waals surface area contributed by atoms with Crippen molar-refractivity contribution in [1.29, 1.82) is 0 Å². The van der Waals surface area contributed by atoms with Crippen molar-refractivity contribution in [2.24, 2.45) is 0 Å². The van der Waals surface area contributed by atoms with E-state index in [1.165, 1.54) is 11.1 Å². The van der Waals surface area contributed by atoms with Gasteiger partial charge in [-0.05, 0) is 53.4 Å². The predicted octanol–water partition coefficient (Wildman–Crippen LogP) is 3.63. The SMILES string of the molecule is O=C(Cl)c1ccc(N2CCc3ccccc3C2)cc1. The van der Waals surface area contributed by atoms with Gasteiger partial charge in [-0.25, -0.2) is 0 Å². The van der Waals surface area contributed by atoms with Gasteiger partial charge in [0.25, 0.3) is 5.24 Å². The minimum Gasteiger partial charge on any atom is -0.367 e. The average Bonchev–Trinajstić information content (AvgIpc) is 2.47. The molecular formula is C16H14ClNO. The molecule has 0 spiro atoms. The van der Waals surface area contributed by atoms with Crippen molar-refractivity contribution in [3.63, 3.8) is 0 Å².